The number of hydrogen-bond acceptors (Lipinski definition) is 2. The Hall–Kier alpha value is -1.76. The predicted molar refractivity (Wildman–Crippen MR) is 107 cm³/mol. The zero-order chi connectivity index (χ0) is 15.6. The smallest absolute Gasteiger partial charge is 0.191 e. The minimum absolute atomic E-state index is 0. The van der Waals surface area contributed by atoms with E-state index in [1.807, 2.05) is 42.5 Å². The van der Waals surface area contributed by atoms with Gasteiger partial charge in [0.15, 0.2) is 5.96 Å². The molecule has 0 saturated carbocycles. The fourth-order valence-corrected chi connectivity index (χ4v) is 1.98. The van der Waals surface area contributed by atoms with Crippen LogP contribution in [0.5, 0.6) is 5.75 Å². The molecule has 23 heavy (non-hydrogen) atoms. The third-order valence-corrected chi connectivity index (χ3v) is 3.21. The summed E-state index contributed by atoms with van der Waals surface area (Å²) in [5.41, 5.74) is 2.46. The van der Waals surface area contributed by atoms with E-state index in [1.165, 1.54) is 11.1 Å². The molecule has 2 aromatic carbocycles. The number of hydrogen-bond donors (Lipinski definition) is 2. The summed E-state index contributed by atoms with van der Waals surface area (Å²) in [5, 5.41) is 6.51. The lowest BCUT2D eigenvalue weighted by Crippen LogP contribution is -2.38. The highest BCUT2D eigenvalue weighted by molar-refractivity contribution is 14.0. The minimum atomic E-state index is 0. The highest BCUT2D eigenvalue weighted by atomic mass is 127. The zero-order valence-electron chi connectivity index (χ0n) is 13.6. The number of guanidine groups is 1. The van der Waals surface area contributed by atoms with E-state index in [0.29, 0.717) is 13.2 Å². The highest BCUT2D eigenvalue weighted by Crippen LogP contribution is 2.10. The molecule has 2 aromatic rings. The van der Waals surface area contributed by atoms with Gasteiger partial charge in [0.25, 0.3) is 0 Å². The van der Waals surface area contributed by atoms with Crippen LogP contribution in [-0.2, 0) is 6.54 Å². The molecule has 124 valence electrons. The third-order valence-electron chi connectivity index (χ3n) is 3.21. The van der Waals surface area contributed by atoms with Crippen molar-refractivity contribution in [3.8, 4) is 5.75 Å². The molecule has 5 heteroatoms. The SMILES string of the molecule is CN=C(NCCOc1ccc(C)cc1)NCc1ccccc1.I. The maximum atomic E-state index is 5.67. The Bertz CT molecular complexity index is 585. The van der Waals surface area contributed by atoms with E-state index in [9.17, 15) is 0 Å². The van der Waals surface area contributed by atoms with Crippen LogP contribution >= 0.6 is 24.0 Å². The van der Waals surface area contributed by atoms with E-state index in [2.05, 4.69) is 34.7 Å². The molecule has 2 N–H and O–H groups in total. The summed E-state index contributed by atoms with van der Waals surface area (Å²) in [6, 6.07) is 18.3. The molecule has 0 aliphatic carbocycles. The average molecular weight is 425 g/mol. The molecule has 0 unspecified atom stereocenters. The Labute approximate surface area is 155 Å². The van der Waals surface area contributed by atoms with Gasteiger partial charge in [0.1, 0.15) is 12.4 Å². The summed E-state index contributed by atoms with van der Waals surface area (Å²) < 4.78 is 5.67. The summed E-state index contributed by atoms with van der Waals surface area (Å²) in [5.74, 6) is 1.66. The Morgan fingerprint density at radius 1 is 1.00 bits per heavy atom. The second-order valence-corrected chi connectivity index (χ2v) is 5.00. The van der Waals surface area contributed by atoms with Crippen LogP contribution in [0.1, 0.15) is 11.1 Å². The second-order valence-electron chi connectivity index (χ2n) is 5.00. The molecule has 0 radical (unpaired) electrons. The van der Waals surface area contributed by atoms with Crippen molar-refractivity contribution in [3.05, 3.63) is 65.7 Å². The fraction of sp³-hybridized carbons (Fsp3) is 0.278. The molecule has 0 amide bonds. The molecule has 2 rings (SSSR count). The first-order valence-corrected chi connectivity index (χ1v) is 7.46. The van der Waals surface area contributed by atoms with Crippen molar-refractivity contribution < 1.29 is 4.74 Å². The predicted octanol–water partition coefficient (Wildman–Crippen LogP) is 3.36. The van der Waals surface area contributed by atoms with Crippen LogP contribution in [0.2, 0.25) is 0 Å². The number of aryl methyl sites for hydroxylation is 1. The number of aliphatic imine (C=N–C) groups is 1. The fourth-order valence-electron chi connectivity index (χ4n) is 1.98. The van der Waals surface area contributed by atoms with Gasteiger partial charge in [-0.25, -0.2) is 0 Å². The quantitative estimate of drug-likeness (QED) is 0.323. The van der Waals surface area contributed by atoms with E-state index < -0.39 is 0 Å². The maximum absolute atomic E-state index is 5.67. The van der Waals surface area contributed by atoms with Gasteiger partial charge in [-0.2, -0.15) is 0 Å². The largest absolute Gasteiger partial charge is 0.492 e. The van der Waals surface area contributed by atoms with Crippen LogP contribution in [0.3, 0.4) is 0 Å². The standard InChI is InChI=1S/C18H23N3O.HI/c1-15-8-10-17(11-9-15)22-13-12-20-18(19-2)21-14-16-6-4-3-5-7-16;/h3-11H,12-14H2,1-2H3,(H2,19,20,21);1H. The van der Waals surface area contributed by atoms with Crippen molar-refractivity contribution in [1.29, 1.82) is 0 Å². The molecule has 0 fully saturated rings. The molecule has 0 spiro atoms. The summed E-state index contributed by atoms with van der Waals surface area (Å²) in [6.07, 6.45) is 0. The number of ether oxygens (including phenoxy) is 1. The van der Waals surface area contributed by atoms with Gasteiger partial charge < -0.3 is 15.4 Å². The summed E-state index contributed by atoms with van der Waals surface area (Å²) >= 11 is 0. The van der Waals surface area contributed by atoms with E-state index in [-0.39, 0.29) is 24.0 Å². The van der Waals surface area contributed by atoms with Gasteiger partial charge in [0.05, 0.1) is 6.54 Å². The number of halogens is 1. The van der Waals surface area contributed by atoms with Crippen LogP contribution in [0.4, 0.5) is 0 Å². The van der Waals surface area contributed by atoms with Gasteiger partial charge in [-0.15, -0.1) is 24.0 Å². The van der Waals surface area contributed by atoms with E-state index in [4.69, 9.17) is 4.74 Å². The van der Waals surface area contributed by atoms with Gasteiger partial charge in [-0.1, -0.05) is 48.0 Å². The van der Waals surface area contributed by atoms with Crippen molar-refractivity contribution in [3.63, 3.8) is 0 Å². The summed E-state index contributed by atoms with van der Waals surface area (Å²) in [7, 11) is 1.77. The first-order chi connectivity index (χ1) is 10.8. The third kappa shape index (κ3) is 7.36. The molecule has 0 heterocycles. The number of rotatable bonds is 6. The molecule has 0 saturated heterocycles. The molecule has 4 nitrogen and oxygen atoms in total. The lowest BCUT2D eigenvalue weighted by atomic mass is 10.2. The monoisotopic (exact) mass is 425 g/mol. The number of benzene rings is 2. The van der Waals surface area contributed by atoms with E-state index >= 15 is 0 Å². The summed E-state index contributed by atoms with van der Waals surface area (Å²) in [4.78, 5) is 4.20. The highest BCUT2D eigenvalue weighted by Gasteiger charge is 1.98. The van der Waals surface area contributed by atoms with Crippen molar-refractivity contribution in [1.82, 2.24) is 10.6 Å². The zero-order valence-corrected chi connectivity index (χ0v) is 15.9. The van der Waals surface area contributed by atoms with Gasteiger partial charge in [-0.3, -0.25) is 4.99 Å². The minimum Gasteiger partial charge on any atom is -0.492 e. The van der Waals surface area contributed by atoms with Gasteiger partial charge >= 0.3 is 0 Å². The van der Waals surface area contributed by atoms with Crippen molar-refractivity contribution in [2.45, 2.75) is 13.5 Å². The Kier molecular flexibility index (Phi) is 9.12. The normalized spacial score (nSPS) is 10.6. The molecular formula is C18H24IN3O. The van der Waals surface area contributed by atoms with Gasteiger partial charge in [0, 0.05) is 13.6 Å². The summed E-state index contributed by atoms with van der Waals surface area (Å²) in [6.45, 7) is 4.10. The van der Waals surface area contributed by atoms with Gasteiger partial charge in [0.2, 0.25) is 0 Å². The van der Waals surface area contributed by atoms with Crippen molar-refractivity contribution >= 4 is 29.9 Å². The first kappa shape index (κ1) is 19.3. The van der Waals surface area contributed by atoms with Gasteiger partial charge in [-0.05, 0) is 24.6 Å². The molecule has 0 aromatic heterocycles. The van der Waals surface area contributed by atoms with E-state index in [0.717, 1.165) is 18.3 Å². The first-order valence-electron chi connectivity index (χ1n) is 7.46. The maximum Gasteiger partial charge on any atom is 0.191 e. The Balaban J connectivity index is 0.00000264. The van der Waals surface area contributed by atoms with Crippen molar-refractivity contribution in [2.24, 2.45) is 4.99 Å². The molecular weight excluding hydrogens is 401 g/mol. The van der Waals surface area contributed by atoms with Crippen LogP contribution in [0, 0.1) is 6.92 Å². The molecule has 0 atom stereocenters. The lowest BCUT2D eigenvalue weighted by molar-refractivity contribution is 0.322. The number of nitrogens with one attached hydrogen (secondary N) is 2. The second kappa shape index (κ2) is 10.9. The molecule has 0 aliphatic heterocycles. The van der Waals surface area contributed by atoms with Crippen LogP contribution in [-0.4, -0.2) is 26.2 Å². The van der Waals surface area contributed by atoms with E-state index in [1.54, 1.807) is 7.05 Å². The topological polar surface area (TPSA) is 45.7 Å². The van der Waals surface area contributed by atoms with Crippen LogP contribution in [0.15, 0.2) is 59.6 Å². The average Bonchev–Trinajstić information content (AvgIpc) is 2.57. The van der Waals surface area contributed by atoms with Crippen molar-refractivity contribution in [2.75, 3.05) is 20.2 Å². The van der Waals surface area contributed by atoms with Crippen LogP contribution < -0.4 is 15.4 Å². The Morgan fingerprint density at radius 2 is 1.70 bits per heavy atom. The molecule has 0 aliphatic rings. The van der Waals surface area contributed by atoms with Crippen LogP contribution in [0.25, 0.3) is 0 Å². The lowest BCUT2D eigenvalue weighted by Gasteiger charge is -2.12. The Morgan fingerprint density at radius 3 is 2.35 bits per heavy atom. The molecule has 0 bridgehead atoms. The number of nitrogens with zero attached hydrogens (tertiary/aromatic N) is 1.